The second-order valence-electron chi connectivity index (χ2n) is 3.70. The molecule has 1 aromatic heterocycles. The number of anilines is 1. The second kappa shape index (κ2) is 5.41. The highest BCUT2D eigenvalue weighted by molar-refractivity contribution is 7.09. The summed E-state index contributed by atoms with van der Waals surface area (Å²) >= 11 is 0.603. The average Bonchev–Trinajstić information content (AvgIpc) is 2.85. The van der Waals surface area contributed by atoms with E-state index in [-0.39, 0.29) is 17.4 Å². The lowest BCUT2D eigenvalue weighted by molar-refractivity contribution is -0.384. The standard InChI is InChI=1S/C10H7F3N4O2S/c11-10(12,13)8-15-9(20-16-8)14-5-6-1-3-7(4-2-6)17(18)19/h1-4H,5H2,(H,14,15,16). The Kier molecular flexibility index (Phi) is 3.84. The van der Waals surface area contributed by atoms with E-state index in [1.807, 2.05) is 0 Å². The van der Waals surface area contributed by atoms with Crippen LogP contribution in [0.1, 0.15) is 11.4 Å². The van der Waals surface area contributed by atoms with Crippen LogP contribution in [0.2, 0.25) is 0 Å². The maximum atomic E-state index is 12.3. The Morgan fingerprint density at radius 1 is 1.30 bits per heavy atom. The molecule has 0 aliphatic heterocycles. The molecule has 1 aromatic carbocycles. The molecule has 0 atom stereocenters. The maximum absolute atomic E-state index is 12.3. The van der Waals surface area contributed by atoms with E-state index in [2.05, 4.69) is 14.7 Å². The molecule has 0 fully saturated rings. The van der Waals surface area contributed by atoms with Crippen molar-refractivity contribution in [1.82, 2.24) is 9.36 Å². The highest BCUT2D eigenvalue weighted by atomic mass is 32.1. The number of hydrogen-bond acceptors (Lipinski definition) is 6. The average molecular weight is 304 g/mol. The van der Waals surface area contributed by atoms with Gasteiger partial charge >= 0.3 is 6.18 Å². The Hall–Kier alpha value is -2.23. The van der Waals surface area contributed by atoms with Crippen LogP contribution in [-0.2, 0) is 12.7 Å². The van der Waals surface area contributed by atoms with Gasteiger partial charge in [0.2, 0.25) is 11.0 Å². The summed E-state index contributed by atoms with van der Waals surface area (Å²) in [5.41, 5.74) is 0.628. The summed E-state index contributed by atoms with van der Waals surface area (Å²) in [6.45, 7) is 0.199. The number of aromatic nitrogens is 2. The van der Waals surface area contributed by atoms with Crippen LogP contribution in [0.4, 0.5) is 24.0 Å². The third-order valence-electron chi connectivity index (χ3n) is 2.27. The van der Waals surface area contributed by atoms with Gasteiger partial charge in [-0.1, -0.05) is 12.1 Å². The molecule has 1 heterocycles. The highest BCUT2D eigenvalue weighted by Crippen LogP contribution is 2.29. The van der Waals surface area contributed by atoms with Crippen LogP contribution in [0.15, 0.2) is 24.3 Å². The molecule has 0 unspecified atom stereocenters. The van der Waals surface area contributed by atoms with Crippen molar-refractivity contribution in [2.24, 2.45) is 0 Å². The number of hydrogen-bond donors (Lipinski definition) is 1. The van der Waals surface area contributed by atoms with Gasteiger partial charge in [0.05, 0.1) is 4.92 Å². The molecule has 0 bridgehead atoms. The van der Waals surface area contributed by atoms with Gasteiger partial charge in [-0.2, -0.15) is 22.5 Å². The van der Waals surface area contributed by atoms with Gasteiger partial charge in [0.1, 0.15) is 0 Å². The first kappa shape index (κ1) is 14.2. The van der Waals surface area contributed by atoms with Crippen molar-refractivity contribution in [1.29, 1.82) is 0 Å². The Labute approximate surface area is 114 Å². The molecule has 0 saturated heterocycles. The van der Waals surface area contributed by atoms with Crippen LogP contribution in [0.25, 0.3) is 0 Å². The Morgan fingerprint density at radius 2 is 1.95 bits per heavy atom. The maximum Gasteiger partial charge on any atom is 0.452 e. The van der Waals surface area contributed by atoms with Crippen LogP contribution in [0.5, 0.6) is 0 Å². The third-order valence-corrected chi connectivity index (χ3v) is 2.94. The van der Waals surface area contributed by atoms with E-state index >= 15 is 0 Å². The SMILES string of the molecule is O=[N+]([O-])c1ccc(CNc2nc(C(F)(F)F)ns2)cc1. The van der Waals surface area contributed by atoms with Gasteiger partial charge in [-0.3, -0.25) is 10.1 Å². The van der Waals surface area contributed by atoms with E-state index in [9.17, 15) is 23.3 Å². The predicted molar refractivity (Wildman–Crippen MR) is 65.3 cm³/mol. The first-order chi connectivity index (χ1) is 9.36. The van der Waals surface area contributed by atoms with Crippen LogP contribution in [-0.4, -0.2) is 14.3 Å². The van der Waals surface area contributed by atoms with Gasteiger partial charge in [0, 0.05) is 30.2 Å². The number of rotatable bonds is 4. The zero-order valence-electron chi connectivity index (χ0n) is 9.72. The summed E-state index contributed by atoms with van der Waals surface area (Å²) in [7, 11) is 0. The monoisotopic (exact) mass is 304 g/mol. The fraction of sp³-hybridized carbons (Fsp3) is 0.200. The summed E-state index contributed by atoms with van der Waals surface area (Å²) in [6.07, 6.45) is -4.57. The fourth-order valence-electron chi connectivity index (χ4n) is 1.32. The van der Waals surface area contributed by atoms with Gasteiger partial charge in [0.15, 0.2) is 0 Å². The number of benzene rings is 1. The number of nitro benzene ring substituents is 1. The van der Waals surface area contributed by atoms with E-state index in [4.69, 9.17) is 0 Å². The van der Waals surface area contributed by atoms with E-state index < -0.39 is 16.9 Å². The van der Waals surface area contributed by atoms with Crippen LogP contribution in [0, 0.1) is 10.1 Å². The number of alkyl halides is 3. The fourth-order valence-corrected chi connectivity index (χ4v) is 1.90. The molecule has 1 N–H and O–H groups in total. The molecule has 6 nitrogen and oxygen atoms in total. The Morgan fingerprint density at radius 3 is 2.45 bits per heavy atom. The molecule has 0 aliphatic carbocycles. The summed E-state index contributed by atoms with van der Waals surface area (Å²) in [5.74, 6) is -1.19. The summed E-state index contributed by atoms with van der Waals surface area (Å²) < 4.78 is 40.0. The van der Waals surface area contributed by atoms with Gasteiger partial charge in [-0.05, 0) is 5.56 Å². The minimum atomic E-state index is -4.57. The Bertz CT molecular complexity index is 612. The number of nitrogens with one attached hydrogen (secondary N) is 1. The first-order valence-corrected chi connectivity index (χ1v) is 6.02. The van der Waals surface area contributed by atoms with Crippen molar-refractivity contribution >= 4 is 22.4 Å². The largest absolute Gasteiger partial charge is 0.452 e. The molecule has 0 amide bonds. The molecule has 20 heavy (non-hydrogen) atoms. The molecular weight excluding hydrogens is 297 g/mol. The van der Waals surface area contributed by atoms with Crippen molar-refractivity contribution in [3.05, 3.63) is 45.8 Å². The normalized spacial score (nSPS) is 11.3. The molecule has 106 valence electrons. The lowest BCUT2D eigenvalue weighted by Crippen LogP contribution is -2.07. The zero-order chi connectivity index (χ0) is 14.8. The van der Waals surface area contributed by atoms with Crippen molar-refractivity contribution < 1.29 is 18.1 Å². The molecule has 0 saturated carbocycles. The molecule has 0 spiro atoms. The van der Waals surface area contributed by atoms with Gasteiger partial charge in [0.25, 0.3) is 5.69 Å². The van der Waals surface area contributed by atoms with Crippen molar-refractivity contribution in [2.75, 3.05) is 5.32 Å². The number of non-ortho nitro benzene ring substituents is 1. The third kappa shape index (κ3) is 3.41. The quantitative estimate of drug-likeness (QED) is 0.693. The second-order valence-corrected chi connectivity index (χ2v) is 4.45. The van der Waals surface area contributed by atoms with Crippen molar-refractivity contribution in [2.45, 2.75) is 12.7 Å². The number of nitro groups is 1. The minimum absolute atomic E-state index is 0.0377. The smallest absolute Gasteiger partial charge is 0.356 e. The molecule has 2 rings (SSSR count). The van der Waals surface area contributed by atoms with Crippen LogP contribution >= 0.6 is 11.5 Å². The molecule has 10 heteroatoms. The number of nitrogens with zero attached hydrogens (tertiary/aromatic N) is 3. The van der Waals surface area contributed by atoms with E-state index in [1.165, 1.54) is 24.3 Å². The predicted octanol–water partition coefficient (Wildman–Crippen LogP) is 3.08. The van der Waals surface area contributed by atoms with E-state index in [1.54, 1.807) is 0 Å². The topological polar surface area (TPSA) is 81.0 Å². The van der Waals surface area contributed by atoms with Crippen molar-refractivity contribution in [3.8, 4) is 0 Å². The van der Waals surface area contributed by atoms with E-state index in [0.29, 0.717) is 17.1 Å². The van der Waals surface area contributed by atoms with Gasteiger partial charge in [-0.15, -0.1) is 0 Å². The summed E-state index contributed by atoms with van der Waals surface area (Å²) in [6, 6.07) is 5.66. The zero-order valence-corrected chi connectivity index (χ0v) is 10.5. The molecular formula is C10H7F3N4O2S. The van der Waals surface area contributed by atoms with Crippen LogP contribution < -0.4 is 5.32 Å². The summed E-state index contributed by atoms with van der Waals surface area (Å²) in [5, 5.41) is 13.2. The minimum Gasteiger partial charge on any atom is -0.356 e. The van der Waals surface area contributed by atoms with E-state index in [0.717, 1.165) is 0 Å². The molecule has 2 aromatic rings. The Balaban J connectivity index is 1.98. The van der Waals surface area contributed by atoms with Gasteiger partial charge < -0.3 is 5.32 Å². The lowest BCUT2D eigenvalue weighted by Gasteiger charge is -2.02. The summed E-state index contributed by atoms with van der Waals surface area (Å²) in [4.78, 5) is 13.2. The van der Waals surface area contributed by atoms with Gasteiger partial charge in [-0.25, -0.2) is 0 Å². The lowest BCUT2D eigenvalue weighted by atomic mass is 10.2. The van der Waals surface area contributed by atoms with Crippen LogP contribution in [0.3, 0.4) is 0 Å². The molecule has 0 radical (unpaired) electrons. The number of halogens is 3. The first-order valence-electron chi connectivity index (χ1n) is 5.24. The van der Waals surface area contributed by atoms with Crippen molar-refractivity contribution in [3.63, 3.8) is 0 Å². The molecule has 0 aliphatic rings. The highest BCUT2D eigenvalue weighted by Gasteiger charge is 2.36.